The predicted octanol–water partition coefficient (Wildman–Crippen LogP) is 0.969. The molecule has 0 heterocycles. The number of rotatable bonds is 8. The Bertz CT molecular complexity index is 107. The van der Waals surface area contributed by atoms with E-state index in [-0.39, 0.29) is 0 Å². The maximum Gasteiger partial charge on any atom is 0.226 e. The van der Waals surface area contributed by atoms with Crippen LogP contribution >= 0.6 is 0 Å². The van der Waals surface area contributed by atoms with E-state index in [9.17, 15) is 0 Å². The zero-order chi connectivity index (χ0) is 10.2. The van der Waals surface area contributed by atoms with Gasteiger partial charge in [0.25, 0.3) is 0 Å². The van der Waals surface area contributed by atoms with Gasteiger partial charge in [-0.1, -0.05) is 6.92 Å². The Morgan fingerprint density at radius 2 is 1.77 bits per heavy atom. The minimum Gasteiger partial charge on any atom is -0.385 e. The Morgan fingerprint density at radius 3 is 2.15 bits per heavy atom. The molecule has 0 spiro atoms. The maximum absolute atomic E-state index is 5.24. The topological polar surface area (TPSA) is 39.7 Å². The second kappa shape index (κ2) is 7.26. The highest BCUT2D eigenvalue weighted by Gasteiger charge is 2.25. The van der Waals surface area contributed by atoms with Gasteiger partial charge in [-0.05, 0) is 6.42 Å². The number of ether oxygens (including phenoxy) is 3. The molecule has 1 N–H and O–H groups in total. The van der Waals surface area contributed by atoms with Crippen molar-refractivity contribution in [3.05, 3.63) is 0 Å². The molecule has 0 atom stereocenters. The first-order chi connectivity index (χ1) is 6.24. The van der Waals surface area contributed by atoms with Gasteiger partial charge in [-0.25, -0.2) is 0 Å². The van der Waals surface area contributed by atoms with Crippen LogP contribution in [0.15, 0.2) is 0 Å². The summed E-state index contributed by atoms with van der Waals surface area (Å²) in [5.41, 5.74) is 0. The van der Waals surface area contributed by atoms with Crippen molar-refractivity contribution in [1.82, 2.24) is 5.32 Å². The van der Waals surface area contributed by atoms with Crippen molar-refractivity contribution in [3.8, 4) is 0 Å². The van der Waals surface area contributed by atoms with E-state index in [1.54, 1.807) is 21.3 Å². The fraction of sp³-hybridized carbons (Fsp3) is 1.00. The van der Waals surface area contributed by atoms with Crippen LogP contribution in [0.4, 0.5) is 0 Å². The van der Waals surface area contributed by atoms with Crippen LogP contribution in [-0.4, -0.2) is 40.4 Å². The Balaban J connectivity index is 3.68. The zero-order valence-corrected chi connectivity index (χ0v) is 9.05. The van der Waals surface area contributed by atoms with Crippen LogP contribution in [0.1, 0.15) is 19.8 Å². The first-order valence-corrected chi connectivity index (χ1v) is 4.59. The smallest absolute Gasteiger partial charge is 0.226 e. The first-order valence-electron chi connectivity index (χ1n) is 4.59. The summed E-state index contributed by atoms with van der Waals surface area (Å²) in [5, 5.41) is 3.19. The van der Waals surface area contributed by atoms with Gasteiger partial charge < -0.3 is 14.2 Å². The third-order valence-corrected chi connectivity index (χ3v) is 2.04. The van der Waals surface area contributed by atoms with Crippen molar-refractivity contribution in [3.63, 3.8) is 0 Å². The van der Waals surface area contributed by atoms with Crippen molar-refractivity contribution >= 4 is 0 Å². The molecule has 0 saturated carbocycles. The summed E-state index contributed by atoms with van der Waals surface area (Å²) in [5.74, 6) is -0.631. The zero-order valence-electron chi connectivity index (χ0n) is 9.05. The number of methoxy groups -OCH3 is 3. The standard InChI is InChI=1S/C9H21NO3/c1-5-9(12-3,13-4)10-7-6-8-11-2/h10H,5-8H2,1-4H3. The van der Waals surface area contributed by atoms with Crippen LogP contribution in [0.25, 0.3) is 0 Å². The molecular weight excluding hydrogens is 170 g/mol. The third-order valence-electron chi connectivity index (χ3n) is 2.04. The summed E-state index contributed by atoms with van der Waals surface area (Å²) in [6, 6.07) is 0. The van der Waals surface area contributed by atoms with Crippen molar-refractivity contribution in [1.29, 1.82) is 0 Å². The predicted molar refractivity (Wildman–Crippen MR) is 51.5 cm³/mol. The molecule has 0 aromatic heterocycles. The molecule has 0 aliphatic carbocycles. The lowest BCUT2D eigenvalue weighted by Gasteiger charge is -2.30. The molecule has 0 aliphatic heterocycles. The van der Waals surface area contributed by atoms with Gasteiger partial charge in [-0.15, -0.1) is 0 Å². The largest absolute Gasteiger partial charge is 0.385 e. The Morgan fingerprint density at radius 1 is 1.15 bits per heavy atom. The van der Waals surface area contributed by atoms with Crippen molar-refractivity contribution in [2.75, 3.05) is 34.5 Å². The highest BCUT2D eigenvalue weighted by atomic mass is 16.7. The fourth-order valence-electron chi connectivity index (χ4n) is 1.14. The van der Waals surface area contributed by atoms with Crippen LogP contribution < -0.4 is 5.32 Å². The Hall–Kier alpha value is -0.160. The summed E-state index contributed by atoms with van der Waals surface area (Å²) in [4.78, 5) is 0. The molecule has 4 nitrogen and oxygen atoms in total. The first kappa shape index (κ1) is 12.8. The molecule has 0 aromatic rings. The van der Waals surface area contributed by atoms with Gasteiger partial charge in [0.2, 0.25) is 5.91 Å². The fourth-order valence-corrected chi connectivity index (χ4v) is 1.14. The minimum absolute atomic E-state index is 0.631. The van der Waals surface area contributed by atoms with E-state index in [1.165, 1.54) is 0 Å². The van der Waals surface area contributed by atoms with Crippen LogP contribution in [-0.2, 0) is 14.2 Å². The van der Waals surface area contributed by atoms with Crippen molar-refractivity contribution in [2.45, 2.75) is 25.7 Å². The molecule has 0 aliphatic rings. The second-order valence-corrected chi connectivity index (χ2v) is 2.79. The molecule has 0 aromatic carbocycles. The number of nitrogens with one attached hydrogen (secondary N) is 1. The number of hydrogen-bond donors (Lipinski definition) is 1. The normalized spacial score (nSPS) is 12.0. The summed E-state index contributed by atoms with van der Waals surface area (Å²) in [6.45, 7) is 3.58. The second-order valence-electron chi connectivity index (χ2n) is 2.79. The molecule has 0 saturated heterocycles. The maximum atomic E-state index is 5.24. The molecule has 4 heteroatoms. The van der Waals surface area contributed by atoms with E-state index < -0.39 is 5.91 Å². The van der Waals surface area contributed by atoms with Gasteiger partial charge in [0.05, 0.1) is 0 Å². The number of hydrogen-bond acceptors (Lipinski definition) is 4. The highest BCUT2D eigenvalue weighted by Crippen LogP contribution is 2.11. The molecule has 0 fully saturated rings. The van der Waals surface area contributed by atoms with E-state index in [0.29, 0.717) is 0 Å². The van der Waals surface area contributed by atoms with E-state index in [0.717, 1.165) is 26.0 Å². The van der Waals surface area contributed by atoms with Crippen LogP contribution in [0.2, 0.25) is 0 Å². The molecule has 0 unspecified atom stereocenters. The summed E-state index contributed by atoms with van der Waals surface area (Å²) < 4.78 is 15.4. The van der Waals surface area contributed by atoms with Gasteiger partial charge in [-0.3, -0.25) is 5.32 Å². The molecule has 80 valence electrons. The van der Waals surface area contributed by atoms with Crippen LogP contribution in [0.5, 0.6) is 0 Å². The van der Waals surface area contributed by atoms with Gasteiger partial charge in [0, 0.05) is 40.9 Å². The minimum atomic E-state index is -0.631. The van der Waals surface area contributed by atoms with E-state index >= 15 is 0 Å². The van der Waals surface area contributed by atoms with Gasteiger partial charge in [0.1, 0.15) is 0 Å². The molecule has 0 bridgehead atoms. The molecule has 0 amide bonds. The highest BCUT2D eigenvalue weighted by molar-refractivity contribution is 4.63. The van der Waals surface area contributed by atoms with E-state index in [4.69, 9.17) is 14.2 Å². The van der Waals surface area contributed by atoms with Crippen LogP contribution in [0, 0.1) is 0 Å². The Labute approximate surface area is 80.5 Å². The van der Waals surface area contributed by atoms with Gasteiger partial charge in [-0.2, -0.15) is 0 Å². The summed E-state index contributed by atoms with van der Waals surface area (Å²) in [6.07, 6.45) is 1.72. The van der Waals surface area contributed by atoms with E-state index in [2.05, 4.69) is 5.32 Å². The molecular formula is C9H21NO3. The average molecular weight is 191 g/mol. The third kappa shape index (κ3) is 4.57. The van der Waals surface area contributed by atoms with Crippen LogP contribution in [0.3, 0.4) is 0 Å². The van der Waals surface area contributed by atoms with Gasteiger partial charge >= 0.3 is 0 Å². The van der Waals surface area contributed by atoms with E-state index in [1.807, 2.05) is 6.92 Å². The summed E-state index contributed by atoms with van der Waals surface area (Å²) in [7, 11) is 4.96. The Kier molecular flexibility index (Phi) is 7.17. The quantitative estimate of drug-likeness (QED) is 0.458. The molecule has 0 radical (unpaired) electrons. The van der Waals surface area contributed by atoms with Gasteiger partial charge in [0.15, 0.2) is 0 Å². The monoisotopic (exact) mass is 191 g/mol. The molecule has 13 heavy (non-hydrogen) atoms. The lowest BCUT2D eigenvalue weighted by molar-refractivity contribution is -0.229. The SMILES string of the molecule is CCC(NCCCOC)(OC)OC. The summed E-state index contributed by atoms with van der Waals surface area (Å²) >= 11 is 0. The average Bonchev–Trinajstić information content (AvgIpc) is 2.20. The lowest BCUT2D eigenvalue weighted by Crippen LogP contribution is -2.48. The lowest BCUT2D eigenvalue weighted by atomic mass is 10.3. The molecule has 0 rings (SSSR count). The van der Waals surface area contributed by atoms with Crippen molar-refractivity contribution in [2.24, 2.45) is 0 Å². The van der Waals surface area contributed by atoms with Crippen molar-refractivity contribution < 1.29 is 14.2 Å².